The monoisotopic (exact) mass is 338 g/mol. The number of hydrogen-bond acceptors (Lipinski definition) is 2. The third kappa shape index (κ3) is 2.09. The quantitative estimate of drug-likeness (QED) is 0.545. The van der Waals surface area contributed by atoms with Gasteiger partial charge in [-0.3, -0.25) is 14.9 Å². The maximum atomic E-state index is 12.6. The summed E-state index contributed by atoms with van der Waals surface area (Å²) >= 11 is 0. The Balaban J connectivity index is 1.80. The molecule has 3 aromatic carbocycles. The molecule has 0 spiro atoms. The third-order valence-corrected chi connectivity index (χ3v) is 4.83. The van der Waals surface area contributed by atoms with Gasteiger partial charge in [-0.05, 0) is 28.5 Å². The number of aromatic nitrogens is 1. The highest BCUT2D eigenvalue weighted by molar-refractivity contribution is 6.50. The van der Waals surface area contributed by atoms with E-state index < -0.39 is 0 Å². The van der Waals surface area contributed by atoms with Crippen molar-refractivity contribution >= 4 is 44.6 Å². The Morgan fingerprint density at radius 3 is 2.31 bits per heavy atom. The Morgan fingerprint density at radius 2 is 1.42 bits per heavy atom. The molecule has 1 aromatic heterocycles. The van der Waals surface area contributed by atoms with Crippen LogP contribution in [-0.2, 0) is 9.59 Å². The zero-order chi connectivity index (χ0) is 17.7. The number of benzene rings is 3. The zero-order valence-corrected chi connectivity index (χ0v) is 13.7. The molecule has 4 heteroatoms. The van der Waals surface area contributed by atoms with Gasteiger partial charge in [0.05, 0.1) is 11.1 Å². The molecular weight excluding hydrogens is 324 g/mol. The molecule has 1 aliphatic heterocycles. The lowest BCUT2D eigenvalue weighted by molar-refractivity contribution is -0.122. The van der Waals surface area contributed by atoms with E-state index in [1.54, 1.807) is 6.20 Å². The van der Waals surface area contributed by atoms with Crippen LogP contribution in [0.1, 0.15) is 11.1 Å². The van der Waals surface area contributed by atoms with Gasteiger partial charge in [0.2, 0.25) is 0 Å². The highest BCUT2D eigenvalue weighted by Crippen LogP contribution is 2.35. The molecular formula is C22H14N2O2. The van der Waals surface area contributed by atoms with Crippen LogP contribution in [0, 0.1) is 0 Å². The molecule has 4 nitrogen and oxygen atoms in total. The molecule has 0 atom stereocenters. The van der Waals surface area contributed by atoms with Crippen LogP contribution in [0.3, 0.4) is 0 Å². The van der Waals surface area contributed by atoms with E-state index in [4.69, 9.17) is 0 Å². The molecule has 5 rings (SSSR count). The van der Waals surface area contributed by atoms with E-state index >= 15 is 0 Å². The first-order chi connectivity index (χ1) is 12.7. The van der Waals surface area contributed by atoms with Gasteiger partial charge >= 0.3 is 0 Å². The summed E-state index contributed by atoms with van der Waals surface area (Å²) in [6.45, 7) is 0. The zero-order valence-electron chi connectivity index (χ0n) is 13.7. The predicted octanol–water partition coefficient (Wildman–Crippen LogP) is 3.89. The topological polar surface area (TPSA) is 62.0 Å². The molecule has 0 bridgehead atoms. The standard InChI is InChI=1S/C22H14N2O2/c25-21-19(15-10-9-13-5-1-2-6-14(13)11-15)20(22(26)24-21)17-12-23-18-8-4-3-7-16(17)18/h1-12,23H,(H,24,25,26). The van der Waals surface area contributed by atoms with E-state index in [1.165, 1.54) is 0 Å². The first kappa shape index (κ1) is 14.7. The van der Waals surface area contributed by atoms with Crippen LogP contribution in [0.25, 0.3) is 32.8 Å². The van der Waals surface area contributed by atoms with E-state index in [9.17, 15) is 9.59 Å². The number of aromatic amines is 1. The van der Waals surface area contributed by atoms with Gasteiger partial charge in [-0.1, -0.05) is 54.6 Å². The predicted molar refractivity (Wildman–Crippen MR) is 102 cm³/mol. The number of para-hydroxylation sites is 1. The van der Waals surface area contributed by atoms with Gasteiger partial charge in [0.15, 0.2) is 0 Å². The molecule has 0 aliphatic carbocycles. The highest BCUT2D eigenvalue weighted by Gasteiger charge is 2.33. The molecule has 0 saturated carbocycles. The number of rotatable bonds is 2. The molecule has 0 unspecified atom stereocenters. The minimum atomic E-state index is -0.358. The Labute approximate surface area is 149 Å². The summed E-state index contributed by atoms with van der Waals surface area (Å²) in [4.78, 5) is 28.3. The van der Waals surface area contributed by atoms with Crippen LogP contribution >= 0.6 is 0 Å². The molecule has 26 heavy (non-hydrogen) atoms. The Morgan fingerprint density at radius 1 is 0.692 bits per heavy atom. The average Bonchev–Trinajstić information content (AvgIpc) is 3.21. The van der Waals surface area contributed by atoms with Gasteiger partial charge in [-0.25, -0.2) is 0 Å². The number of amides is 2. The number of carbonyl (C=O) groups is 2. The van der Waals surface area contributed by atoms with Crippen molar-refractivity contribution in [2.75, 3.05) is 0 Å². The number of imide groups is 1. The van der Waals surface area contributed by atoms with Gasteiger partial charge in [-0.2, -0.15) is 0 Å². The maximum Gasteiger partial charge on any atom is 0.259 e. The molecule has 124 valence electrons. The lowest BCUT2D eigenvalue weighted by Crippen LogP contribution is -2.22. The minimum absolute atomic E-state index is 0.356. The van der Waals surface area contributed by atoms with Gasteiger partial charge in [0.25, 0.3) is 11.8 Å². The van der Waals surface area contributed by atoms with Crippen LogP contribution in [0.15, 0.2) is 72.9 Å². The Hall–Kier alpha value is -3.66. The fourth-order valence-corrected chi connectivity index (χ4v) is 3.61. The molecule has 2 N–H and O–H groups in total. The summed E-state index contributed by atoms with van der Waals surface area (Å²) in [6.07, 6.45) is 1.79. The molecule has 0 saturated heterocycles. The van der Waals surface area contributed by atoms with Gasteiger partial charge in [0.1, 0.15) is 0 Å². The van der Waals surface area contributed by atoms with Crippen molar-refractivity contribution in [3.05, 3.63) is 84.1 Å². The van der Waals surface area contributed by atoms with Crippen molar-refractivity contribution in [3.63, 3.8) is 0 Å². The van der Waals surface area contributed by atoms with E-state index in [-0.39, 0.29) is 11.8 Å². The Kier molecular flexibility index (Phi) is 3.06. The second-order valence-electron chi connectivity index (χ2n) is 6.34. The second-order valence-corrected chi connectivity index (χ2v) is 6.34. The summed E-state index contributed by atoms with van der Waals surface area (Å²) in [5.41, 5.74) is 3.26. The average molecular weight is 338 g/mol. The maximum absolute atomic E-state index is 12.6. The third-order valence-electron chi connectivity index (χ3n) is 4.83. The van der Waals surface area contributed by atoms with Crippen molar-refractivity contribution in [1.82, 2.24) is 10.3 Å². The summed E-state index contributed by atoms with van der Waals surface area (Å²) < 4.78 is 0. The summed E-state index contributed by atoms with van der Waals surface area (Å²) in [5, 5.41) is 5.50. The number of H-pyrrole nitrogens is 1. The highest BCUT2D eigenvalue weighted by atomic mass is 16.2. The van der Waals surface area contributed by atoms with Crippen LogP contribution in [0.4, 0.5) is 0 Å². The van der Waals surface area contributed by atoms with E-state index in [0.717, 1.165) is 32.8 Å². The first-order valence-electron chi connectivity index (χ1n) is 8.38. The van der Waals surface area contributed by atoms with E-state index in [1.807, 2.05) is 66.7 Å². The van der Waals surface area contributed by atoms with Crippen molar-refractivity contribution < 1.29 is 9.59 Å². The van der Waals surface area contributed by atoms with Crippen molar-refractivity contribution in [1.29, 1.82) is 0 Å². The SMILES string of the molecule is O=C1NC(=O)C(c2c[nH]c3ccccc23)=C1c1ccc2ccccc2c1. The summed E-state index contributed by atoms with van der Waals surface area (Å²) in [5.74, 6) is -0.714. The molecule has 4 aromatic rings. The van der Waals surface area contributed by atoms with Crippen LogP contribution in [0.5, 0.6) is 0 Å². The summed E-state index contributed by atoms with van der Waals surface area (Å²) in [7, 11) is 0. The second kappa shape index (κ2) is 5.43. The number of carbonyl (C=O) groups excluding carboxylic acids is 2. The number of hydrogen-bond donors (Lipinski definition) is 2. The van der Waals surface area contributed by atoms with Crippen LogP contribution < -0.4 is 5.32 Å². The van der Waals surface area contributed by atoms with Gasteiger partial charge in [0, 0.05) is 22.7 Å². The Bertz CT molecular complexity index is 1250. The lowest BCUT2D eigenvalue weighted by Gasteiger charge is -2.06. The molecule has 2 heterocycles. The van der Waals surface area contributed by atoms with Gasteiger partial charge in [-0.15, -0.1) is 0 Å². The van der Waals surface area contributed by atoms with Crippen molar-refractivity contribution in [3.8, 4) is 0 Å². The molecule has 1 aliphatic rings. The van der Waals surface area contributed by atoms with E-state index in [2.05, 4.69) is 10.3 Å². The van der Waals surface area contributed by atoms with Gasteiger partial charge < -0.3 is 4.98 Å². The fourth-order valence-electron chi connectivity index (χ4n) is 3.61. The summed E-state index contributed by atoms with van der Waals surface area (Å²) in [6, 6.07) is 21.5. The van der Waals surface area contributed by atoms with Crippen LogP contribution in [-0.4, -0.2) is 16.8 Å². The lowest BCUT2D eigenvalue weighted by atomic mass is 9.94. The number of nitrogens with one attached hydrogen (secondary N) is 2. The smallest absolute Gasteiger partial charge is 0.259 e. The first-order valence-corrected chi connectivity index (χ1v) is 8.38. The largest absolute Gasteiger partial charge is 0.361 e. The fraction of sp³-hybridized carbons (Fsp3) is 0. The minimum Gasteiger partial charge on any atom is -0.361 e. The molecule has 0 fully saturated rings. The van der Waals surface area contributed by atoms with Crippen molar-refractivity contribution in [2.45, 2.75) is 0 Å². The molecule has 2 amide bonds. The number of fused-ring (bicyclic) bond motifs is 2. The van der Waals surface area contributed by atoms with E-state index in [0.29, 0.717) is 11.1 Å². The normalized spacial score (nSPS) is 14.5. The molecule has 0 radical (unpaired) electrons. The van der Waals surface area contributed by atoms with Crippen LogP contribution in [0.2, 0.25) is 0 Å². The van der Waals surface area contributed by atoms with Crippen molar-refractivity contribution in [2.24, 2.45) is 0 Å².